The van der Waals surface area contributed by atoms with Crippen molar-refractivity contribution in [3.8, 4) is 5.75 Å². The summed E-state index contributed by atoms with van der Waals surface area (Å²) in [5.74, 6) is 0.736. The van der Waals surface area contributed by atoms with Crippen LogP contribution in [-0.4, -0.2) is 43.7 Å². The minimum Gasteiger partial charge on any atom is -0.494 e. The molecule has 0 aromatic heterocycles. The number of hydrogen-bond acceptors (Lipinski definition) is 5. The van der Waals surface area contributed by atoms with E-state index in [-0.39, 0.29) is 18.1 Å². The molecule has 0 saturated heterocycles. The Hall–Kier alpha value is -1.05. The summed E-state index contributed by atoms with van der Waals surface area (Å²) in [7, 11) is -4.49. The van der Waals surface area contributed by atoms with Gasteiger partial charge in [-0.15, -0.1) is 0 Å². The predicted octanol–water partition coefficient (Wildman–Crippen LogP) is -0.430. The topological polar surface area (TPSA) is 83.8 Å². The Morgan fingerprint density at radius 2 is 2.06 bits per heavy atom. The first-order valence-electron chi connectivity index (χ1n) is 5.74. The highest BCUT2D eigenvalue weighted by atomic mass is 32.2. The van der Waals surface area contributed by atoms with Gasteiger partial charge in [0.05, 0.1) is 12.4 Å². The highest BCUT2D eigenvalue weighted by Gasteiger charge is 2.11. The van der Waals surface area contributed by atoms with Gasteiger partial charge in [-0.1, -0.05) is 19.1 Å². The molecule has 100 valence electrons. The standard InChI is InChI=1S/C11H17BO5S/c1-2-18(15,16)8-4-7-17-11-6-3-5-10(9-11)12(13)14/h3,5-6,9,13-14H,2,4,7-8H2,1H3. The monoisotopic (exact) mass is 272 g/mol. The van der Waals surface area contributed by atoms with Gasteiger partial charge in [0, 0.05) is 5.75 Å². The molecule has 0 spiro atoms. The van der Waals surface area contributed by atoms with Gasteiger partial charge >= 0.3 is 7.12 Å². The molecular weight excluding hydrogens is 255 g/mol. The zero-order chi connectivity index (χ0) is 13.6. The van der Waals surface area contributed by atoms with Crippen LogP contribution in [0.3, 0.4) is 0 Å². The van der Waals surface area contributed by atoms with Crippen molar-refractivity contribution < 1.29 is 23.2 Å². The predicted molar refractivity (Wildman–Crippen MR) is 70.7 cm³/mol. The second kappa shape index (κ2) is 6.77. The van der Waals surface area contributed by atoms with Crippen molar-refractivity contribution in [3.05, 3.63) is 24.3 Å². The quantitative estimate of drug-likeness (QED) is 0.520. The summed E-state index contributed by atoms with van der Waals surface area (Å²) in [6, 6.07) is 6.41. The molecule has 0 bridgehead atoms. The van der Waals surface area contributed by atoms with Crippen molar-refractivity contribution in [2.45, 2.75) is 13.3 Å². The third kappa shape index (κ3) is 5.08. The molecule has 5 nitrogen and oxygen atoms in total. The van der Waals surface area contributed by atoms with Gasteiger partial charge in [-0.3, -0.25) is 0 Å². The van der Waals surface area contributed by atoms with E-state index in [0.29, 0.717) is 17.6 Å². The van der Waals surface area contributed by atoms with E-state index >= 15 is 0 Å². The molecular formula is C11H17BO5S. The van der Waals surface area contributed by atoms with Crippen LogP contribution in [0.15, 0.2) is 24.3 Å². The molecule has 0 saturated carbocycles. The first kappa shape index (κ1) is 15.0. The summed E-state index contributed by atoms with van der Waals surface area (Å²) in [6.45, 7) is 1.90. The first-order valence-corrected chi connectivity index (χ1v) is 7.56. The van der Waals surface area contributed by atoms with E-state index in [1.807, 2.05) is 0 Å². The van der Waals surface area contributed by atoms with Gasteiger partial charge in [-0.25, -0.2) is 8.42 Å². The third-order valence-electron chi connectivity index (χ3n) is 2.46. The second-order valence-corrected chi connectivity index (χ2v) is 6.36. The minimum absolute atomic E-state index is 0.103. The van der Waals surface area contributed by atoms with E-state index < -0.39 is 17.0 Å². The van der Waals surface area contributed by atoms with Crippen LogP contribution >= 0.6 is 0 Å². The fraction of sp³-hybridized carbons (Fsp3) is 0.455. The summed E-state index contributed by atoms with van der Waals surface area (Å²) >= 11 is 0. The largest absolute Gasteiger partial charge is 0.494 e. The van der Waals surface area contributed by atoms with E-state index in [2.05, 4.69) is 0 Å². The second-order valence-electron chi connectivity index (χ2n) is 3.88. The van der Waals surface area contributed by atoms with Crippen LogP contribution in [0, 0.1) is 0 Å². The van der Waals surface area contributed by atoms with Gasteiger partial charge in [-0.05, 0) is 24.0 Å². The van der Waals surface area contributed by atoms with Crippen molar-refractivity contribution in [2.24, 2.45) is 0 Å². The molecule has 0 aliphatic heterocycles. The number of ether oxygens (including phenoxy) is 1. The zero-order valence-electron chi connectivity index (χ0n) is 10.2. The van der Waals surface area contributed by atoms with E-state index in [9.17, 15) is 8.42 Å². The van der Waals surface area contributed by atoms with Crippen LogP contribution in [-0.2, 0) is 9.84 Å². The van der Waals surface area contributed by atoms with Crippen LogP contribution in [0.5, 0.6) is 5.75 Å². The highest BCUT2D eigenvalue weighted by molar-refractivity contribution is 7.91. The fourth-order valence-electron chi connectivity index (χ4n) is 1.38. The Kier molecular flexibility index (Phi) is 5.65. The van der Waals surface area contributed by atoms with Gasteiger partial charge < -0.3 is 14.8 Å². The number of sulfone groups is 1. The third-order valence-corrected chi connectivity index (χ3v) is 4.25. The van der Waals surface area contributed by atoms with Crippen LogP contribution < -0.4 is 10.2 Å². The Balaban J connectivity index is 2.42. The molecule has 18 heavy (non-hydrogen) atoms. The minimum atomic E-state index is -2.96. The first-order chi connectivity index (χ1) is 8.44. The summed E-state index contributed by atoms with van der Waals surface area (Å²) in [4.78, 5) is 0. The molecule has 0 unspecified atom stereocenters. The summed E-state index contributed by atoms with van der Waals surface area (Å²) in [6.07, 6.45) is 0.419. The normalized spacial score (nSPS) is 11.3. The average Bonchev–Trinajstić information content (AvgIpc) is 2.35. The molecule has 0 amide bonds. The lowest BCUT2D eigenvalue weighted by molar-refractivity contribution is 0.317. The molecule has 1 aromatic carbocycles. The van der Waals surface area contributed by atoms with E-state index in [0.717, 1.165) is 0 Å². The van der Waals surface area contributed by atoms with Crippen molar-refractivity contribution in [3.63, 3.8) is 0 Å². The zero-order valence-corrected chi connectivity index (χ0v) is 11.1. The molecule has 1 rings (SSSR count). The van der Waals surface area contributed by atoms with Crippen LogP contribution in [0.4, 0.5) is 0 Å². The van der Waals surface area contributed by atoms with Crippen LogP contribution in [0.1, 0.15) is 13.3 Å². The number of benzene rings is 1. The average molecular weight is 272 g/mol. The highest BCUT2D eigenvalue weighted by Crippen LogP contribution is 2.08. The van der Waals surface area contributed by atoms with E-state index in [1.54, 1.807) is 25.1 Å². The summed E-state index contributed by atoms with van der Waals surface area (Å²) in [5, 5.41) is 18.0. The maximum Gasteiger partial charge on any atom is 0.488 e. The maximum absolute atomic E-state index is 11.2. The SMILES string of the molecule is CCS(=O)(=O)CCCOc1cccc(B(O)O)c1. The van der Waals surface area contributed by atoms with Crippen molar-refractivity contribution in [1.82, 2.24) is 0 Å². The Labute approximate surface area is 107 Å². The lowest BCUT2D eigenvalue weighted by atomic mass is 9.80. The van der Waals surface area contributed by atoms with Crippen LogP contribution in [0.25, 0.3) is 0 Å². The number of hydrogen-bond donors (Lipinski definition) is 2. The smallest absolute Gasteiger partial charge is 0.488 e. The molecule has 7 heteroatoms. The molecule has 0 fully saturated rings. The Morgan fingerprint density at radius 1 is 1.33 bits per heavy atom. The van der Waals surface area contributed by atoms with Gasteiger partial charge in [0.25, 0.3) is 0 Å². The lowest BCUT2D eigenvalue weighted by Crippen LogP contribution is -2.29. The van der Waals surface area contributed by atoms with Crippen molar-refractivity contribution in [1.29, 1.82) is 0 Å². The molecule has 0 atom stereocenters. The summed E-state index contributed by atoms with van der Waals surface area (Å²) < 4.78 is 27.8. The lowest BCUT2D eigenvalue weighted by Gasteiger charge is -2.07. The molecule has 0 aliphatic carbocycles. The molecule has 0 radical (unpaired) electrons. The van der Waals surface area contributed by atoms with Gasteiger partial charge in [0.1, 0.15) is 15.6 Å². The Morgan fingerprint density at radius 3 is 2.67 bits per heavy atom. The Bertz CT molecular complexity index is 472. The van der Waals surface area contributed by atoms with Crippen molar-refractivity contribution >= 4 is 22.4 Å². The van der Waals surface area contributed by atoms with Crippen molar-refractivity contribution in [2.75, 3.05) is 18.1 Å². The molecule has 0 heterocycles. The van der Waals surface area contributed by atoms with E-state index in [1.165, 1.54) is 6.07 Å². The molecule has 2 N–H and O–H groups in total. The molecule has 1 aromatic rings. The van der Waals surface area contributed by atoms with Crippen LogP contribution in [0.2, 0.25) is 0 Å². The van der Waals surface area contributed by atoms with Gasteiger partial charge in [-0.2, -0.15) is 0 Å². The fourth-order valence-corrected chi connectivity index (χ4v) is 2.22. The molecule has 0 aliphatic rings. The van der Waals surface area contributed by atoms with Gasteiger partial charge in [0.15, 0.2) is 0 Å². The maximum atomic E-state index is 11.2. The van der Waals surface area contributed by atoms with Gasteiger partial charge in [0.2, 0.25) is 0 Å². The number of rotatable bonds is 7. The summed E-state index contributed by atoms with van der Waals surface area (Å²) in [5.41, 5.74) is 0.341. The van der Waals surface area contributed by atoms with E-state index in [4.69, 9.17) is 14.8 Å².